The van der Waals surface area contributed by atoms with Gasteiger partial charge in [-0.05, 0) is 30.5 Å². The molecule has 1 amide bonds. The molecule has 0 aromatic heterocycles. The molecule has 0 radical (unpaired) electrons. The van der Waals surface area contributed by atoms with Crippen molar-refractivity contribution in [2.24, 2.45) is 5.92 Å². The summed E-state index contributed by atoms with van der Waals surface area (Å²) in [6.45, 7) is 3.28. The van der Waals surface area contributed by atoms with Crippen molar-refractivity contribution in [1.29, 1.82) is 0 Å². The van der Waals surface area contributed by atoms with Gasteiger partial charge in [0.2, 0.25) is 0 Å². The van der Waals surface area contributed by atoms with Gasteiger partial charge in [0.1, 0.15) is 5.82 Å². The molecule has 1 saturated heterocycles. The Kier molecular flexibility index (Phi) is 4.13. The molecule has 2 atom stereocenters. The predicted molar refractivity (Wildman–Crippen MR) is 70.7 cm³/mol. The van der Waals surface area contributed by atoms with Crippen molar-refractivity contribution < 1.29 is 9.18 Å². The normalized spacial score (nSPS) is 24.1. The summed E-state index contributed by atoms with van der Waals surface area (Å²) in [5, 5.41) is -0.0627. The van der Waals surface area contributed by atoms with Crippen LogP contribution in [0.15, 0.2) is 18.2 Å². The highest BCUT2D eigenvalue weighted by Gasteiger charge is 2.28. The molecule has 2 unspecified atom stereocenters. The van der Waals surface area contributed by atoms with Crippen LogP contribution in [-0.2, 0) is 0 Å². The molecule has 0 N–H and O–H groups in total. The molecule has 1 fully saturated rings. The van der Waals surface area contributed by atoms with Crippen molar-refractivity contribution in [2.45, 2.75) is 18.7 Å². The number of benzene rings is 1. The van der Waals surface area contributed by atoms with E-state index in [-0.39, 0.29) is 16.3 Å². The molecule has 5 heteroatoms. The molecule has 1 aliphatic heterocycles. The van der Waals surface area contributed by atoms with Crippen LogP contribution in [0.5, 0.6) is 0 Å². The van der Waals surface area contributed by atoms with Crippen molar-refractivity contribution in [3.8, 4) is 0 Å². The molecule has 2 rings (SSSR count). The van der Waals surface area contributed by atoms with Crippen LogP contribution in [0.3, 0.4) is 0 Å². The lowest BCUT2D eigenvalue weighted by Crippen LogP contribution is -2.43. The number of hydrogen-bond donors (Lipinski definition) is 0. The van der Waals surface area contributed by atoms with Gasteiger partial charge in [0, 0.05) is 18.7 Å². The number of nitrogens with zero attached hydrogens (tertiary/aromatic N) is 1. The molecule has 1 aromatic carbocycles. The van der Waals surface area contributed by atoms with Gasteiger partial charge < -0.3 is 4.90 Å². The lowest BCUT2D eigenvalue weighted by molar-refractivity contribution is 0.0701. The minimum atomic E-state index is -0.518. The topological polar surface area (TPSA) is 20.3 Å². The first-order valence-corrected chi connectivity index (χ1v) is 6.69. The molecule has 98 valence electrons. The van der Waals surface area contributed by atoms with Gasteiger partial charge in [-0.15, -0.1) is 11.6 Å². The summed E-state index contributed by atoms with van der Waals surface area (Å²) < 4.78 is 13.0. The summed E-state index contributed by atoms with van der Waals surface area (Å²) in [6, 6.07) is 4.02. The number of carbonyl (C=O) groups excluding carboxylic acids is 1. The van der Waals surface area contributed by atoms with E-state index in [9.17, 15) is 9.18 Å². The Morgan fingerprint density at radius 1 is 1.50 bits per heavy atom. The molecule has 1 aliphatic rings. The first kappa shape index (κ1) is 13.6. The van der Waals surface area contributed by atoms with Crippen molar-refractivity contribution in [2.75, 3.05) is 13.1 Å². The second kappa shape index (κ2) is 5.45. The van der Waals surface area contributed by atoms with E-state index in [4.69, 9.17) is 23.2 Å². The molecule has 2 nitrogen and oxygen atoms in total. The van der Waals surface area contributed by atoms with Crippen LogP contribution < -0.4 is 0 Å². The van der Waals surface area contributed by atoms with E-state index in [1.165, 1.54) is 18.2 Å². The van der Waals surface area contributed by atoms with E-state index in [1.807, 2.05) is 0 Å². The second-order valence-electron chi connectivity index (χ2n) is 4.66. The van der Waals surface area contributed by atoms with Crippen molar-refractivity contribution in [3.63, 3.8) is 0 Å². The summed E-state index contributed by atoms with van der Waals surface area (Å²) in [5.74, 6) is -0.252. The van der Waals surface area contributed by atoms with Gasteiger partial charge in [-0.3, -0.25) is 4.79 Å². The standard InChI is InChI=1S/C13H14Cl2FNO/c1-8-4-5-17(7-11(8)15)13(18)9-2-3-12(16)10(14)6-9/h2-3,6,8,11H,4-5,7H2,1H3. The number of hydrogen-bond acceptors (Lipinski definition) is 1. The number of rotatable bonds is 1. The lowest BCUT2D eigenvalue weighted by atomic mass is 9.98. The molecule has 0 saturated carbocycles. The fourth-order valence-corrected chi connectivity index (χ4v) is 2.49. The Balaban J connectivity index is 2.14. The van der Waals surface area contributed by atoms with Crippen LogP contribution in [0.1, 0.15) is 23.7 Å². The third-order valence-corrected chi connectivity index (χ3v) is 4.18. The van der Waals surface area contributed by atoms with Gasteiger partial charge in [0.15, 0.2) is 0 Å². The molecular weight excluding hydrogens is 276 g/mol. The van der Waals surface area contributed by atoms with E-state index in [1.54, 1.807) is 4.90 Å². The van der Waals surface area contributed by atoms with Crippen LogP contribution in [0, 0.1) is 11.7 Å². The highest BCUT2D eigenvalue weighted by molar-refractivity contribution is 6.31. The van der Waals surface area contributed by atoms with Gasteiger partial charge >= 0.3 is 0 Å². The van der Waals surface area contributed by atoms with E-state index in [0.717, 1.165) is 6.42 Å². The van der Waals surface area contributed by atoms with Crippen LogP contribution in [-0.4, -0.2) is 29.3 Å². The highest BCUT2D eigenvalue weighted by Crippen LogP contribution is 2.24. The maximum Gasteiger partial charge on any atom is 0.253 e. The molecule has 0 aliphatic carbocycles. The van der Waals surface area contributed by atoms with Crippen molar-refractivity contribution >= 4 is 29.1 Å². The minimum Gasteiger partial charge on any atom is -0.337 e. The number of alkyl halides is 1. The average molecular weight is 290 g/mol. The van der Waals surface area contributed by atoms with Crippen LogP contribution >= 0.6 is 23.2 Å². The third kappa shape index (κ3) is 2.78. The van der Waals surface area contributed by atoms with Gasteiger partial charge in [0.25, 0.3) is 5.91 Å². The quantitative estimate of drug-likeness (QED) is 0.724. The smallest absolute Gasteiger partial charge is 0.253 e. The SMILES string of the molecule is CC1CCN(C(=O)c2ccc(F)c(Cl)c2)CC1Cl. The fourth-order valence-electron chi connectivity index (χ4n) is 2.02. The lowest BCUT2D eigenvalue weighted by Gasteiger charge is -2.34. The zero-order valence-electron chi connectivity index (χ0n) is 10.00. The predicted octanol–water partition coefficient (Wildman–Crippen LogP) is 3.57. The van der Waals surface area contributed by atoms with E-state index >= 15 is 0 Å². The van der Waals surface area contributed by atoms with Crippen molar-refractivity contribution in [3.05, 3.63) is 34.6 Å². The Morgan fingerprint density at radius 3 is 2.83 bits per heavy atom. The molecular formula is C13H14Cl2FNO. The molecule has 0 spiro atoms. The number of likely N-dealkylation sites (tertiary alicyclic amines) is 1. The van der Waals surface area contributed by atoms with E-state index in [2.05, 4.69) is 6.92 Å². The number of amides is 1. The average Bonchev–Trinajstić information content (AvgIpc) is 2.35. The highest BCUT2D eigenvalue weighted by atomic mass is 35.5. The zero-order chi connectivity index (χ0) is 13.3. The fraction of sp³-hybridized carbons (Fsp3) is 0.462. The summed E-state index contributed by atoms with van der Waals surface area (Å²) in [4.78, 5) is 13.9. The number of halogens is 3. The Bertz CT molecular complexity index is 466. The van der Waals surface area contributed by atoms with E-state index in [0.29, 0.717) is 24.6 Å². The minimum absolute atomic E-state index is 0.0291. The van der Waals surface area contributed by atoms with Gasteiger partial charge in [0.05, 0.1) is 10.4 Å². The summed E-state index contributed by atoms with van der Waals surface area (Å²) in [7, 11) is 0. The van der Waals surface area contributed by atoms with Crippen LogP contribution in [0.2, 0.25) is 5.02 Å². The molecule has 0 bridgehead atoms. The third-order valence-electron chi connectivity index (χ3n) is 3.32. The number of piperidine rings is 1. The molecule has 18 heavy (non-hydrogen) atoms. The second-order valence-corrected chi connectivity index (χ2v) is 5.63. The van der Waals surface area contributed by atoms with Crippen LogP contribution in [0.25, 0.3) is 0 Å². The van der Waals surface area contributed by atoms with Crippen molar-refractivity contribution in [1.82, 2.24) is 4.90 Å². The summed E-state index contributed by atoms with van der Waals surface area (Å²) in [6.07, 6.45) is 0.884. The first-order chi connectivity index (χ1) is 8.49. The monoisotopic (exact) mass is 289 g/mol. The van der Waals surface area contributed by atoms with Gasteiger partial charge in [-0.2, -0.15) is 0 Å². The van der Waals surface area contributed by atoms with Gasteiger partial charge in [-0.1, -0.05) is 18.5 Å². The number of carbonyl (C=O) groups is 1. The van der Waals surface area contributed by atoms with Crippen LogP contribution in [0.4, 0.5) is 4.39 Å². The van der Waals surface area contributed by atoms with Gasteiger partial charge in [-0.25, -0.2) is 4.39 Å². The Labute approximate surface area is 116 Å². The Hall–Kier alpha value is -0.800. The molecule has 1 heterocycles. The zero-order valence-corrected chi connectivity index (χ0v) is 11.5. The maximum atomic E-state index is 13.0. The van der Waals surface area contributed by atoms with E-state index < -0.39 is 5.82 Å². The summed E-state index contributed by atoms with van der Waals surface area (Å²) >= 11 is 11.8. The first-order valence-electron chi connectivity index (χ1n) is 5.87. The summed E-state index contributed by atoms with van der Waals surface area (Å²) in [5.41, 5.74) is 0.403. The molecule has 1 aromatic rings. The maximum absolute atomic E-state index is 13.0. The largest absolute Gasteiger partial charge is 0.337 e. The Morgan fingerprint density at radius 2 is 2.22 bits per heavy atom.